The van der Waals surface area contributed by atoms with Crippen LogP contribution in [0.25, 0.3) is 0 Å². The van der Waals surface area contributed by atoms with Crippen molar-refractivity contribution in [1.29, 1.82) is 0 Å². The van der Waals surface area contributed by atoms with E-state index in [0.29, 0.717) is 16.1 Å². The molecule has 118 valence electrons. The molecular weight excluding hydrogens is 308 g/mol. The first kappa shape index (κ1) is 15.6. The predicted molar refractivity (Wildman–Crippen MR) is 90.8 cm³/mol. The fourth-order valence-electron chi connectivity index (χ4n) is 2.45. The highest BCUT2D eigenvalue weighted by Gasteiger charge is 2.36. The van der Waals surface area contributed by atoms with E-state index in [1.165, 1.54) is 0 Å². The van der Waals surface area contributed by atoms with Crippen LogP contribution in [0.5, 0.6) is 0 Å². The smallest absolute Gasteiger partial charge is 0.181 e. The number of nitrogens with zero attached hydrogens (tertiary/aromatic N) is 1. The van der Waals surface area contributed by atoms with Crippen molar-refractivity contribution in [1.82, 2.24) is 4.98 Å². The minimum absolute atomic E-state index is 0.194. The summed E-state index contributed by atoms with van der Waals surface area (Å²) in [6.45, 7) is 3.76. The maximum atomic E-state index is 12.1. The zero-order valence-corrected chi connectivity index (χ0v) is 13.9. The minimum atomic E-state index is -3.15. The molecule has 2 aromatic rings. The lowest BCUT2D eigenvalue weighted by atomic mass is 10.1. The Bertz CT molecular complexity index is 893. The van der Waals surface area contributed by atoms with Gasteiger partial charge in [0.05, 0.1) is 27.1 Å². The zero-order valence-electron chi connectivity index (χ0n) is 13.1. The fraction of sp³-hybridized carbons (Fsp3) is 0.278. The van der Waals surface area contributed by atoms with Gasteiger partial charge < -0.3 is 5.73 Å². The van der Waals surface area contributed by atoms with Crippen molar-refractivity contribution in [2.75, 3.05) is 5.73 Å². The molecule has 5 heteroatoms. The van der Waals surface area contributed by atoms with E-state index < -0.39 is 9.84 Å². The molecule has 0 amide bonds. The number of sulfone groups is 1. The van der Waals surface area contributed by atoms with Gasteiger partial charge in [-0.25, -0.2) is 8.42 Å². The molecule has 1 aliphatic carbocycles. The molecule has 1 fully saturated rings. The molecule has 0 bridgehead atoms. The Hall–Kier alpha value is -2.32. The molecule has 0 aliphatic heterocycles. The van der Waals surface area contributed by atoms with Gasteiger partial charge in [0.15, 0.2) is 9.84 Å². The first-order valence-corrected chi connectivity index (χ1v) is 9.02. The number of nitrogen functional groups attached to an aromatic ring is 1. The van der Waals surface area contributed by atoms with Gasteiger partial charge in [0.25, 0.3) is 0 Å². The summed E-state index contributed by atoms with van der Waals surface area (Å²) in [7, 11) is -3.15. The molecule has 1 aromatic heterocycles. The van der Waals surface area contributed by atoms with Crippen LogP contribution in [-0.2, 0) is 9.84 Å². The molecule has 1 aromatic carbocycles. The summed E-state index contributed by atoms with van der Waals surface area (Å²) in [4.78, 5) is 4.73. The molecule has 0 unspecified atom stereocenters. The molecule has 1 aliphatic rings. The van der Waals surface area contributed by atoms with Gasteiger partial charge in [0, 0.05) is 11.3 Å². The second kappa shape index (κ2) is 5.71. The second-order valence-electron chi connectivity index (χ2n) is 5.83. The minimum Gasteiger partial charge on any atom is -0.398 e. The van der Waals surface area contributed by atoms with Gasteiger partial charge >= 0.3 is 0 Å². The van der Waals surface area contributed by atoms with E-state index in [9.17, 15) is 8.42 Å². The van der Waals surface area contributed by atoms with Crippen molar-refractivity contribution < 1.29 is 8.42 Å². The van der Waals surface area contributed by atoms with Crippen molar-refractivity contribution >= 4 is 15.5 Å². The Kier molecular flexibility index (Phi) is 3.87. The summed E-state index contributed by atoms with van der Waals surface area (Å²) in [6.07, 6.45) is 1.53. The Morgan fingerprint density at radius 2 is 1.78 bits per heavy atom. The number of aryl methyl sites for hydroxylation is 2. The van der Waals surface area contributed by atoms with Gasteiger partial charge in [-0.2, -0.15) is 0 Å². The molecule has 23 heavy (non-hydrogen) atoms. The van der Waals surface area contributed by atoms with Crippen LogP contribution in [0.3, 0.4) is 0 Å². The van der Waals surface area contributed by atoms with E-state index in [4.69, 9.17) is 5.73 Å². The highest BCUT2D eigenvalue weighted by Crippen LogP contribution is 2.33. The van der Waals surface area contributed by atoms with Gasteiger partial charge in [0.1, 0.15) is 0 Å². The van der Waals surface area contributed by atoms with E-state index >= 15 is 0 Å². The van der Waals surface area contributed by atoms with Crippen LogP contribution in [0.2, 0.25) is 0 Å². The van der Waals surface area contributed by atoms with Crippen LogP contribution < -0.4 is 5.73 Å². The number of benzene rings is 1. The molecule has 2 N–H and O–H groups in total. The van der Waals surface area contributed by atoms with Crippen LogP contribution in [0, 0.1) is 25.7 Å². The van der Waals surface area contributed by atoms with Crippen LogP contribution in [0.1, 0.15) is 35.4 Å². The van der Waals surface area contributed by atoms with Crippen molar-refractivity contribution in [3.8, 4) is 11.8 Å². The third kappa shape index (κ3) is 3.22. The number of nitrogens with two attached hydrogens (primary N) is 1. The number of anilines is 1. The molecule has 3 rings (SSSR count). The third-order valence-corrected chi connectivity index (χ3v) is 6.12. The van der Waals surface area contributed by atoms with Crippen molar-refractivity contribution in [2.45, 2.75) is 36.8 Å². The maximum Gasteiger partial charge on any atom is 0.181 e. The van der Waals surface area contributed by atoms with Crippen molar-refractivity contribution in [2.24, 2.45) is 0 Å². The normalized spacial score (nSPS) is 14.2. The molecule has 0 spiro atoms. The van der Waals surface area contributed by atoms with E-state index in [2.05, 4.69) is 16.8 Å². The average Bonchev–Trinajstić information content (AvgIpc) is 3.31. The molecule has 0 saturated heterocycles. The lowest BCUT2D eigenvalue weighted by Crippen LogP contribution is -2.06. The van der Waals surface area contributed by atoms with Gasteiger partial charge in [-0.3, -0.25) is 4.98 Å². The van der Waals surface area contributed by atoms with Gasteiger partial charge in [-0.1, -0.05) is 11.8 Å². The van der Waals surface area contributed by atoms with Crippen LogP contribution in [0.4, 0.5) is 5.69 Å². The van der Waals surface area contributed by atoms with Crippen LogP contribution in [0.15, 0.2) is 35.2 Å². The van der Waals surface area contributed by atoms with Gasteiger partial charge in [-0.15, -0.1) is 0 Å². The first-order chi connectivity index (χ1) is 10.9. The summed E-state index contributed by atoms with van der Waals surface area (Å²) < 4.78 is 24.3. The zero-order chi connectivity index (χ0) is 16.6. The topological polar surface area (TPSA) is 73.1 Å². The van der Waals surface area contributed by atoms with E-state index in [0.717, 1.165) is 29.8 Å². The molecule has 4 nitrogen and oxygen atoms in total. The highest BCUT2D eigenvalue weighted by molar-refractivity contribution is 7.92. The molecule has 1 heterocycles. The standard InChI is InChI=1S/C18H18N2O2S/c1-12-11-18(19)17(13(2)20-12)10-5-14-3-6-15(7-4-14)23(21,22)16-8-9-16/h3-4,6-7,11,16H,8-9H2,1-2H3,(H2,19,20). The molecule has 0 atom stereocenters. The molecular formula is C18H18N2O2S. The number of pyridine rings is 1. The maximum absolute atomic E-state index is 12.1. The summed E-state index contributed by atoms with van der Waals surface area (Å²) in [5.74, 6) is 6.05. The second-order valence-corrected chi connectivity index (χ2v) is 8.06. The average molecular weight is 326 g/mol. The third-order valence-electron chi connectivity index (χ3n) is 3.84. The first-order valence-electron chi connectivity index (χ1n) is 7.47. The Morgan fingerprint density at radius 1 is 1.13 bits per heavy atom. The van der Waals surface area contributed by atoms with E-state index in [1.54, 1.807) is 30.3 Å². The molecule has 0 radical (unpaired) electrons. The lowest BCUT2D eigenvalue weighted by molar-refractivity contribution is 0.595. The SMILES string of the molecule is Cc1cc(N)c(C#Cc2ccc(S(=O)(=O)C3CC3)cc2)c(C)n1. The van der Waals surface area contributed by atoms with Crippen LogP contribution in [-0.4, -0.2) is 18.7 Å². The quantitative estimate of drug-likeness (QED) is 0.861. The predicted octanol–water partition coefficient (Wildman–Crippen LogP) is 2.62. The Labute approximate surface area is 136 Å². The number of aromatic nitrogens is 1. The number of hydrogen-bond acceptors (Lipinski definition) is 4. The highest BCUT2D eigenvalue weighted by atomic mass is 32.2. The summed E-state index contributed by atoms with van der Waals surface area (Å²) >= 11 is 0. The van der Waals surface area contributed by atoms with Crippen molar-refractivity contribution in [3.63, 3.8) is 0 Å². The largest absolute Gasteiger partial charge is 0.398 e. The summed E-state index contributed by atoms with van der Waals surface area (Å²) in [6, 6.07) is 8.51. The molecule has 1 saturated carbocycles. The summed E-state index contributed by atoms with van der Waals surface area (Å²) in [5.41, 5.74) is 9.71. The Balaban J connectivity index is 1.88. The van der Waals surface area contributed by atoms with Crippen molar-refractivity contribution in [3.05, 3.63) is 52.8 Å². The monoisotopic (exact) mass is 326 g/mol. The van der Waals surface area contributed by atoms with E-state index in [-0.39, 0.29) is 5.25 Å². The van der Waals surface area contributed by atoms with E-state index in [1.807, 2.05) is 13.8 Å². The Morgan fingerprint density at radius 3 is 2.35 bits per heavy atom. The van der Waals surface area contributed by atoms with Crippen LogP contribution >= 0.6 is 0 Å². The van der Waals surface area contributed by atoms with Gasteiger partial charge in [-0.05, 0) is 57.0 Å². The lowest BCUT2D eigenvalue weighted by Gasteiger charge is -2.04. The summed E-state index contributed by atoms with van der Waals surface area (Å²) in [5, 5.41) is -0.194. The van der Waals surface area contributed by atoms with Gasteiger partial charge in [0.2, 0.25) is 0 Å². The number of rotatable bonds is 2. The fourth-order valence-corrected chi connectivity index (χ4v) is 4.11. The number of hydrogen-bond donors (Lipinski definition) is 1.